The van der Waals surface area contributed by atoms with Crippen LogP contribution in [0.25, 0.3) is 0 Å². The highest BCUT2D eigenvalue weighted by molar-refractivity contribution is 6.42. The molecule has 0 aliphatic heterocycles. The van der Waals surface area contributed by atoms with E-state index in [1.54, 1.807) is 18.2 Å². The third-order valence-electron chi connectivity index (χ3n) is 2.66. The van der Waals surface area contributed by atoms with Gasteiger partial charge in [0.15, 0.2) is 0 Å². The van der Waals surface area contributed by atoms with E-state index in [4.69, 9.17) is 34.1 Å². The average molecular weight is 318 g/mol. The maximum absolute atomic E-state index is 11.7. The summed E-state index contributed by atoms with van der Waals surface area (Å²) in [6.45, 7) is 0.554. The van der Waals surface area contributed by atoms with Crippen LogP contribution in [0.5, 0.6) is 0 Å². The van der Waals surface area contributed by atoms with Crippen LogP contribution in [0.1, 0.15) is 24.8 Å². The number of carbonyl (C=O) groups excluding carboxylic acids is 1. The van der Waals surface area contributed by atoms with Crippen molar-refractivity contribution < 1.29 is 10.0 Å². The van der Waals surface area contributed by atoms with Gasteiger partial charge >= 0.3 is 0 Å². The molecule has 1 amide bonds. The van der Waals surface area contributed by atoms with E-state index in [1.807, 2.05) is 0 Å². The molecule has 5 nitrogen and oxygen atoms in total. The number of unbranched alkanes of at least 4 members (excludes halogenated alkanes) is 1. The molecule has 4 N–H and O–H groups in total. The van der Waals surface area contributed by atoms with Gasteiger partial charge < -0.3 is 16.3 Å². The van der Waals surface area contributed by atoms with Crippen LogP contribution in [0.2, 0.25) is 10.0 Å². The fourth-order valence-electron chi connectivity index (χ4n) is 1.61. The van der Waals surface area contributed by atoms with Crippen molar-refractivity contribution >= 4 is 34.9 Å². The van der Waals surface area contributed by atoms with E-state index in [-0.39, 0.29) is 18.2 Å². The molecule has 0 radical (unpaired) electrons. The quantitative estimate of drug-likeness (QED) is 0.237. The maximum atomic E-state index is 11.7. The van der Waals surface area contributed by atoms with Gasteiger partial charge in [0.1, 0.15) is 5.84 Å². The molecule has 0 aliphatic rings. The second-order valence-corrected chi connectivity index (χ2v) is 5.14. The molecule has 1 rings (SSSR count). The largest absolute Gasteiger partial charge is 0.409 e. The Balaban J connectivity index is 2.25. The number of hydrogen-bond acceptors (Lipinski definition) is 3. The number of amides is 1. The molecule has 0 spiro atoms. The molecule has 0 saturated carbocycles. The zero-order chi connectivity index (χ0) is 15.0. The minimum atomic E-state index is -0.0767. The average Bonchev–Trinajstić information content (AvgIpc) is 2.42. The third kappa shape index (κ3) is 6.12. The van der Waals surface area contributed by atoms with E-state index < -0.39 is 0 Å². The topological polar surface area (TPSA) is 87.7 Å². The number of halogens is 2. The first-order valence-corrected chi connectivity index (χ1v) is 6.95. The van der Waals surface area contributed by atoms with E-state index in [2.05, 4.69) is 10.5 Å². The molecule has 1 aromatic carbocycles. The summed E-state index contributed by atoms with van der Waals surface area (Å²) in [6, 6.07) is 5.12. The standard InChI is InChI=1S/C13H17Cl2N3O2/c14-10-5-4-9(7-11(10)15)8-13(19)17-6-2-1-3-12(16)18-20/h4-5,7,20H,1-3,6,8H2,(H2,16,18)(H,17,19). The smallest absolute Gasteiger partial charge is 0.224 e. The van der Waals surface area contributed by atoms with Crippen molar-refractivity contribution in [3.63, 3.8) is 0 Å². The lowest BCUT2D eigenvalue weighted by molar-refractivity contribution is -0.120. The van der Waals surface area contributed by atoms with Gasteiger partial charge in [-0.1, -0.05) is 34.4 Å². The number of oxime groups is 1. The Morgan fingerprint density at radius 1 is 1.30 bits per heavy atom. The van der Waals surface area contributed by atoms with Crippen LogP contribution >= 0.6 is 23.2 Å². The van der Waals surface area contributed by atoms with Crippen molar-refractivity contribution in [2.24, 2.45) is 10.9 Å². The van der Waals surface area contributed by atoms with Crippen LogP contribution in [0.3, 0.4) is 0 Å². The molecular formula is C13H17Cl2N3O2. The predicted molar refractivity (Wildman–Crippen MR) is 80.4 cm³/mol. The Morgan fingerprint density at radius 2 is 2.05 bits per heavy atom. The second kappa shape index (κ2) is 8.66. The number of hydrogen-bond donors (Lipinski definition) is 3. The lowest BCUT2D eigenvalue weighted by Gasteiger charge is -2.06. The van der Waals surface area contributed by atoms with Gasteiger partial charge in [-0.2, -0.15) is 0 Å². The molecule has 0 bridgehead atoms. The Hall–Kier alpha value is -1.46. The number of nitrogens with one attached hydrogen (secondary N) is 1. The molecule has 0 aliphatic carbocycles. The molecule has 110 valence electrons. The van der Waals surface area contributed by atoms with Crippen molar-refractivity contribution in [1.82, 2.24) is 5.32 Å². The van der Waals surface area contributed by atoms with E-state index >= 15 is 0 Å². The van der Waals surface area contributed by atoms with Crippen LogP contribution in [-0.4, -0.2) is 23.5 Å². The van der Waals surface area contributed by atoms with Gasteiger partial charge in [-0.15, -0.1) is 0 Å². The van der Waals surface area contributed by atoms with Crippen LogP contribution < -0.4 is 11.1 Å². The van der Waals surface area contributed by atoms with E-state index in [0.29, 0.717) is 23.0 Å². The zero-order valence-electron chi connectivity index (χ0n) is 10.9. The van der Waals surface area contributed by atoms with Gasteiger partial charge in [-0.05, 0) is 30.5 Å². The normalized spacial score (nSPS) is 11.4. The number of rotatable bonds is 7. The minimum Gasteiger partial charge on any atom is -0.409 e. The summed E-state index contributed by atoms with van der Waals surface area (Å²) in [5.74, 6) is 0.124. The zero-order valence-corrected chi connectivity index (χ0v) is 12.4. The molecule has 0 unspecified atom stereocenters. The lowest BCUT2D eigenvalue weighted by Crippen LogP contribution is -2.26. The van der Waals surface area contributed by atoms with E-state index in [1.165, 1.54) is 0 Å². The summed E-state index contributed by atoms with van der Waals surface area (Å²) in [7, 11) is 0. The molecule has 0 fully saturated rings. The monoisotopic (exact) mass is 317 g/mol. The Morgan fingerprint density at radius 3 is 2.70 bits per heavy atom. The highest BCUT2D eigenvalue weighted by Crippen LogP contribution is 2.22. The van der Waals surface area contributed by atoms with Gasteiger partial charge in [-0.3, -0.25) is 4.79 Å². The Kier molecular flexibility index (Phi) is 7.18. The first-order chi connectivity index (χ1) is 9.52. The highest BCUT2D eigenvalue weighted by atomic mass is 35.5. The molecule has 0 atom stereocenters. The van der Waals surface area contributed by atoms with Gasteiger partial charge in [0.05, 0.1) is 16.5 Å². The second-order valence-electron chi connectivity index (χ2n) is 4.32. The number of nitrogens with zero attached hydrogens (tertiary/aromatic N) is 1. The predicted octanol–water partition coefficient (Wildman–Crippen LogP) is 2.57. The summed E-state index contributed by atoms with van der Waals surface area (Å²) in [5.41, 5.74) is 6.15. The van der Waals surface area contributed by atoms with Gasteiger partial charge in [0, 0.05) is 13.0 Å². The Labute approximate surface area is 127 Å². The summed E-state index contributed by atoms with van der Waals surface area (Å²) < 4.78 is 0. The fourth-order valence-corrected chi connectivity index (χ4v) is 1.93. The molecule has 7 heteroatoms. The summed E-state index contributed by atoms with van der Waals surface area (Å²) in [4.78, 5) is 11.7. The molecule has 20 heavy (non-hydrogen) atoms. The SMILES string of the molecule is NC(CCCCNC(=O)Cc1ccc(Cl)c(Cl)c1)=NO. The number of carbonyl (C=O) groups is 1. The van der Waals surface area contributed by atoms with Crippen LogP contribution in [0, 0.1) is 0 Å². The molecular weight excluding hydrogens is 301 g/mol. The third-order valence-corrected chi connectivity index (χ3v) is 3.40. The first-order valence-electron chi connectivity index (χ1n) is 6.20. The summed E-state index contributed by atoms with van der Waals surface area (Å²) >= 11 is 11.7. The van der Waals surface area contributed by atoms with Crippen LogP contribution in [0.4, 0.5) is 0 Å². The number of amidine groups is 1. The van der Waals surface area contributed by atoms with Gasteiger partial charge in [0.25, 0.3) is 0 Å². The van der Waals surface area contributed by atoms with E-state index in [9.17, 15) is 4.79 Å². The first kappa shape index (κ1) is 16.6. The van der Waals surface area contributed by atoms with Gasteiger partial charge in [0.2, 0.25) is 5.91 Å². The van der Waals surface area contributed by atoms with E-state index in [0.717, 1.165) is 18.4 Å². The minimum absolute atomic E-state index is 0.0767. The van der Waals surface area contributed by atoms with Crippen molar-refractivity contribution in [2.45, 2.75) is 25.7 Å². The molecule has 0 aromatic heterocycles. The van der Waals surface area contributed by atoms with Crippen molar-refractivity contribution in [3.05, 3.63) is 33.8 Å². The Bertz CT molecular complexity index is 493. The van der Waals surface area contributed by atoms with Crippen molar-refractivity contribution in [1.29, 1.82) is 0 Å². The fraction of sp³-hybridized carbons (Fsp3) is 0.385. The summed E-state index contributed by atoms with van der Waals surface area (Å²) in [5, 5.41) is 14.9. The summed E-state index contributed by atoms with van der Waals surface area (Å²) in [6.07, 6.45) is 2.29. The molecule has 0 heterocycles. The van der Waals surface area contributed by atoms with Crippen molar-refractivity contribution in [3.8, 4) is 0 Å². The molecule has 1 aromatic rings. The van der Waals surface area contributed by atoms with Gasteiger partial charge in [-0.25, -0.2) is 0 Å². The van der Waals surface area contributed by atoms with Crippen LogP contribution in [-0.2, 0) is 11.2 Å². The maximum Gasteiger partial charge on any atom is 0.224 e. The van der Waals surface area contributed by atoms with Crippen LogP contribution in [0.15, 0.2) is 23.4 Å². The van der Waals surface area contributed by atoms with Crippen molar-refractivity contribution in [2.75, 3.05) is 6.54 Å². The number of benzene rings is 1. The lowest BCUT2D eigenvalue weighted by atomic mass is 10.1. The number of nitrogens with two attached hydrogens (primary N) is 1. The highest BCUT2D eigenvalue weighted by Gasteiger charge is 2.05. The molecule has 0 saturated heterocycles.